The number of aliphatic hydroxyl groups excluding tert-OH is 1. The molecule has 0 aliphatic carbocycles. The summed E-state index contributed by atoms with van der Waals surface area (Å²) < 4.78 is 0. The Kier molecular flexibility index (Phi) is 5.40. The maximum Gasteiger partial charge on any atom is 0.141 e. The maximum absolute atomic E-state index is 9.94. The van der Waals surface area contributed by atoms with E-state index < -0.39 is 6.04 Å². The molecule has 0 heterocycles. The van der Waals surface area contributed by atoms with E-state index in [4.69, 9.17) is 5.11 Å². The van der Waals surface area contributed by atoms with E-state index in [0.29, 0.717) is 12.9 Å². The van der Waals surface area contributed by atoms with Crippen molar-refractivity contribution in [2.45, 2.75) is 13.0 Å². The highest BCUT2D eigenvalue weighted by Gasteiger charge is 2.01. The molecule has 0 aliphatic rings. The number of nitrogens with one attached hydrogen (secondary N) is 1. The number of carbonyl (C=O) groups excluding carboxylic acids is 1. The van der Waals surface area contributed by atoms with Crippen LogP contribution in [0.5, 0.6) is 0 Å². The van der Waals surface area contributed by atoms with Gasteiger partial charge in [0.05, 0.1) is 13.2 Å². The first-order chi connectivity index (χ1) is 4.35. The Labute approximate surface area is 53.8 Å². The molecule has 54 valence electrons. The summed E-state index contributed by atoms with van der Waals surface area (Å²) in [6.07, 6.45) is 0.593. The lowest BCUT2D eigenvalue weighted by Crippen LogP contribution is -2.33. The molecule has 0 aromatic rings. The van der Waals surface area contributed by atoms with Crippen molar-refractivity contribution in [3.8, 4) is 0 Å². The van der Waals surface area contributed by atoms with Crippen molar-refractivity contribution in [1.29, 1.82) is 0 Å². The first kappa shape index (κ1) is 8.55. The summed E-state index contributed by atoms with van der Waals surface area (Å²) in [6, 6.07) is -0.593. The van der Waals surface area contributed by atoms with Gasteiger partial charge in [-0.3, -0.25) is 0 Å². The standard InChI is InChI=1S/C5H11NO3/c1-2-9-6-5(3-7)4-8/h3,5-6,8H,2,4H2,1H3/t5-/m1/s1. The molecule has 0 amide bonds. The lowest BCUT2D eigenvalue weighted by atomic mass is 10.4. The molecule has 0 radical (unpaired) electrons. The molecule has 4 heteroatoms. The number of rotatable bonds is 5. The summed E-state index contributed by atoms with van der Waals surface area (Å²) in [5.74, 6) is 0. The number of carbonyl (C=O) groups is 1. The first-order valence-corrected chi connectivity index (χ1v) is 2.78. The van der Waals surface area contributed by atoms with E-state index in [9.17, 15) is 4.79 Å². The van der Waals surface area contributed by atoms with Crippen LogP contribution in [0.1, 0.15) is 6.92 Å². The summed E-state index contributed by atoms with van der Waals surface area (Å²) in [5, 5.41) is 8.38. The number of aliphatic hydroxyl groups is 1. The minimum absolute atomic E-state index is 0.233. The summed E-state index contributed by atoms with van der Waals surface area (Å²) in [6.45, 7) is 2.03. The first-order valence-electron chi connectivity index (χ1n) is 2.78. The number of hydroxylamine groups is 1. The van der Waals surface area contributed by atoms with Crippen LogP contribution in [0.4, 0.5) is 0 Å². The van der Waals surface area contributed by atoms with E-state index in [-0.39, 0.29) is 6.61 Å². The molecule has 0 aromatic carbocycles. The Bertz CT molecular complexity index is 76.6. The fourth-order valence-electron chi connectivity index (χ4n) is 0.298. The van der Waals surface area contributed by atoms with Gasteiger partial charge in [0.2, 0.25) is 0 Å². The number of hydrogen-bond donors (Lipinski definition) is 2. The fraction of sp³-hybridized carbons (Fsp3) is 0.800. The van der Waals surface area contributed by atoms with Gasteiger partial charge in [0.1, 0.15) is 12.3 Å². The van der Waals surface area contributed by atoms with Gasteiger partial charge in [-0.05, 0) is 6.92 Å². The van der Waals surface area contributed by atoms with Crippen molar-refractivity contribution in [3.05, 3.63) is 0 Å². The molecule has 0 unspecified atom stereocenters. The molecule has 9 heavy (non-hydrogen) atoms. The third kappa shape index (κ3) is 4.08. The van der Waals surface area contributed by atoms with Crippen LogP contribution >= 0.6 is 0 Å². The third-order valence-corrected chi connectivity index (χ3v) is 0.740. The largest absolute Gasteiger partial charge is 0.394 e. The minimum atomic E-state index is -0.593. The molecular weight excluding hydrogens is 122 g/mol. The second-order valence-electron chi connectivity index (χ2n) is 1.48. The summed E-state index contributed by atoms with van der Waals surface area (Å²) in [5.41, 5.74) is 2.35. The van der Waals surface area contributed by atoms with Crippen LogP contribution < -0.4 is 5.48 Å². The predicted octanol–water partition coefficient (Wildman–Crippen LogP) is -0.913. The Hall–Kier alpha value is -0.450. The van der Waals surface area contributed by atoms with Gasteiger partial charge < -0.3 is 14.7 Å². The smallest absolute Gasteiger partial charge is 0.141 e. The van der Waals surface area contributed by atoms with E-state index >= 15 is 0 Å². The lowest BCUT2D eigenvalue weighted by Gasteiger charge is -2.06. The Balaban J connectivity index is 3.20. The lowest BCUT2D eigenvalue weighted by molar-refractivity contribution is -0.114. The fourth-order valence-corrected chi connectivity index (χ4v) is 0.298. The van der Waals surface area contributed by atoms with Crippen LogP contribution in [0.2, 0.25) is 0 Å². The summed E-state index contributed by atoms with van der Waals surface area (Å²) >= 11 is 0. The van der Waals surface area contributed by atoms with Gasteiger partial charge in [0.25, 0.3) is 0 Å². The summed E-state index contributed by atoms with van der Waals surface area (Å²) in [7, 11) is 0. The molecule has 0 bridgehead atoms. The van der Waals surface area contributed by atoms with Gasteiger partial charge in [-0.2, -0.15) is 5.48 Å². The van der Waals surface area contributed by atoms with Crippen LogP contribution in [-0.2, 0) is 9.63 Å². The van der Waals surface area contributed by atoms with Crippen LogP contribution in [0, 0.1) is 0 Å². The average Bonchev–Trinajstić information content (AvgIpc) is 1.91. The highest BCUT2D eigenvalue weighted by Crippen LogP contribution is 1.74. The highest BCUT2D eigenvalue weighted by atomic mass is 16.6. The van der Waals surface area contributed by atoms with Crippen molar-refractivity contribution in [2.24, 2.45) is 0 Å². The van der Waals surface area contributed by atoms with Crippen molar-refractivity contribution >= 4 is 6.29 Å². The zero-order valence-corrected chi connectivity index (χ0v) is 5.33. The SMILES string of the molecule is CCON[C@H](C=O)CO. The number of hydrogen-bond acceptors (Lipinski definition) is 4. The molecule has 0 aromatic heterocycles. The van der Waals surface area contributed by atoms with E-state index in [0.717, 1.165) is 0 Å². The molecule has 0 aliphatic heterocycles. The quantitative estimate of drug-likeness (QED) is 0.376. The van der Waals surface area contributed by atoms with Crippen LogP contribution in [0.25, 0.3) is 0 Å². The predicted molar refractivity (Wildman–Crippen MR) is 31.7 cm³/mol. The molecule has 0 saturated heterocycles. The Morgan fingerprint density at radius 2 is 2.56 bits per heavy atom. The van der Waals surface area contributed by atoms with Crippen LogP contribution in [0.3, 0.4) is 0 Å². The van der Waals surface area contributed by atoms with Crippen LogP contribution in [0.15, 0.2) is 0 Å². The molecule has 2 N–H and O–H groups in total. The van der Waals surface area contributed by atoms with E-state index in [1.807, 2.05) is 0 Å². The van der Waals surface area contributed by atoms with Crippen molar-refractivity contribution in [2.75, 3.05) is 13.2 Å². The van der Waals surface area contributed by atoms with E-state index in [2.05, 4.69) is 10.3 Å². The molecule has 0 saturated carbocycles. The van der Waals surface area contributed by atoms with Crippen molar-refractivity contribution < 1.29 is 14.7 Å². The normalized spacial score (nSPS) is 13.1. The molecule has 0 spiro atoms. The van der Waals surface area contributed by atoms with Gasteiger partial charge in [-0.1, -0.05) is 0 Å². The van der Waals surface area contributed by atoms with Gasteiger partial charge in [-0.25, -0.2) is 0 Å². The van der Waals surface area contributed by atoms with Gasteiger partial charge >= 0.3 is 0 Å². The zero-order chi connectivity index (χ0) is 7.11. The maximum atomic E-state index is 9.94. The summed E-state index contributed by atoms with van der Waals surface area (Å²) in [4.78, 5) is 14.6. The molecule has 1 atom stereocenters. The molecular formula is C5H11NO3. The second-order valence-corrected chi connectivity index (χ2v) is 1.48. The molecule has 0 rings (SSSR count). The second kappa shape index (κ2) is 5.68. The highest BCUT2D eigenvalue weighted by molar-refractivity contribution is 5.57. The zero-order valence-electron chi connectivity index (χ0n) is 5.33. The number of aldehydes is 1. The monoisotopic (exact) mass is 133 g/mol. The topological polar surface area (TPSA) is 58.6 Å². The van der Waals surface area contributed by atoms with E-state index in [1.54, 1.807) is 6.92 Å². The van der Waals surface area contributed by atoms with Crippen molar-refractivity contribution in [1.82, 2.24) is 5.48 Å². The Morgan fingerprint density at radius 1 is 1.89 bits per heavy atom. The average molecular weight is 133 g/mol. The molecule has 0 fully saturated rings. The van der Waals surface area contributed by atoms with Gasteiger partial charge in [0, 0.05) is 0 Å². The minimum Gasteiger partial charge on any atom is -0.394 e. The van der Waals surface area contributed by atoms with Crippen LogP contribution in [-0.4, -0.2) is 30.6 Å². The van der Waals surface area contributed by atoms with Crippen molar-refractivity contribution in [3.63, 3.8) is 0 Å². The van der Waals surface area contributed by atoms with E-state index in [1.165, 1.54) is 0 Å². The Morgan fingerprint density at radius 3 is 2.89 bits per heavy atom. The van der Waals surface area contributed by atoms with Gasteiger partial charge in [-0.15, -0.1) is 0 Å². The molecule has 4 nitrogen and oxygen atoms in total. The van der Waals surface area contributed by atoms with Gasteiger partial charge in [0.15, 0.2) is 0 Å². The third-order valence-electron chi connectivity index (χ3n) is 0.740.